The van der Waals surface area contributed by atoms with E-state index in [9.17, 15) is 4.79 Å². The Hall–Kier alpha value is -2.95. The highest BCUT2D eigenvalue weighted by Crippen LogP contribution is 2.10. The van der Waals surface area contributed by atoms with Gasteiger partial charge in [0.15, 0.2) is 0 Å². The second-order valence-corrected chi connectivity index (χ2v) is 4.68. The van der Waals surface area contributed by atoms with Crippen molar-refractivity contribution in [2.24, 2.45) is 0 Å². The minimum atomic E-state index is -0.227. The first kappa shape index (κ1) is 13.1. The monoisotopic (exact) mass is 278 g/mol. The Kier molecular flexibility index (Phi) is 3.47. The molecule has 1 N–H and O–H groups in total. The number of benzene rings is 1. The molecule has 0 fully saturated rings. The second kappa shape index (κ2) is 5.58. The van der Waals surface area contributed by atoms with Gasteiger partial charge in [-0.2, -0.15) is 5.10 Å². The molecule has 0 saturated carbocycles. The molecule has 0 unspecified atom stereocenters. The number of aryl methyl sites for hydroxylation is 1. The van der Waals surface area contributed by atoms with E-state index >= 15 is 0 Å². The molecule has 0 saturated heterocycles. The zero-order valence-electron chi connectivity index (χ0n) is 11.5. The van der Waals surface area contributed by atoms with Gasteiger partial charge in [0.2, 0.25) is 0 Å². The van der Waals surface area contributed by atoms with Gasteiger partial charge < -0.3 is 5.32 Å². The minimum Gasteiger partial charge on any atom is -0.306 e. The maximum atomic E-state index is 12.2. The summed E-state index contributed by atoms with van der Waals surface area (Å²) in [5.74, 6) is 0.308. The Labute approximate surface area is 122 Å². The summed E-state index contributed by atoms with van der Waals surface area (Å²) in [5, 5.41) is 6.96. The normalized spacial score (nSPS) is 10.3. The van der Waals surface area contributed by atoms with E-state index in [1.54, 1.807) is 17.1 Å². The predicted octanol–water partition coefficient (Wildman–Crippen LogP) is 2.83. The Bertz CT molecular complexity index is 765. The molecule has 0 aliphatic heterocycles. The van der Waals surface area contributed by atoms with E-state index < -0.39 is 0 Å². The third-order valence-corrected chi connectivity index (χ3v) is 3.02. The van der Waals surface area contributed by atoms with Gasteiger partial charge in [0.1, 0.15) is 5.82 Å². The van der Waals surface area contributed by atoms with E-state index in [2.05, 4.69) is 15.4 Å². The average Bonchev–Trinajstić information content (AvgIpc) is 2.98. The number of carbonyl (C=O) groups is 1. The number of pyridine rings is 1. The molecule has 3 rings (SSSR count). The summed E-state index contributed by atoms with van der Waals surface area (Å²) in [6, 6.07) is 13.3. The number of nitrogens with zero attached hydrogens (tertiary/aromatic N) is 3. The van der Waals surface area contributed by atoms with Gasteiger partial charge >= 0.3 is 0 Å². The van der Waals surface area contributed by atoms with Crippen molar-refractivity contribution in [3.63, 3.8) is 0 Å². The van der Waals surface area contributed by atoms with E-state index in [0.29, 0.717) is 11.4 Å². The van der Waals surface area contributed by atoms with E-state index in [1.807, 2.05) is 49.4 Å². The smallest absolute Gasteiger partial charge is 0.260 e. The van der Waals surface area contributed by atoms with Crippen molar-refractivity contribution < 1.29 is 4.79 Å². The fraction of sp³-hybridized carbons (Fsp3) is 0.0625. The minimum absolute atomic E-state index is 0.227. The SMILES string of the molecule is Cc1ccnc(NC(=O)c2cnn(-c3ccccc3)c2)c1. The first-order chi connectivity index (χ1) is 10.2. The molecular formula is C16H14N4O. The molecule has 1 aromatic carbocycles. The Morgan fingerprint density at radius 3 is 2.76 bits per heavy atom. The molecule has 21 heavy (non-hydrogen) atoms. The van der Waals surface area contributed by atoms with Gasteiger partial charge in [-0.15, -0.1) is 0 Å². The number of rotatable bonds is 3. The molecule has 0 aliphatic carbocycles. The molecule has 5 nitrogen and oxygen atoms in total. The first-order valence-electron chi connectivity index (χ1n) is 6.56. The van der Waals surface area contributed by atoms with Crippen LogP contribution in [0.2, 0.25) is 0 Å². The molecule has 1 amide bonds. The molecule has 0 spiro atoms. The zero-order chi connectivity index (χ0) is 14.7. The van der Waals surface area contributed by atoms with Gasteiger partial charge in [-0.25, -0.2) is 9.67 Å². The van der Waals surface area contributed by atoms with Crippen molar-refractivity contribution in [1.82, 2.24) is 14.8 Å². The number of amides is 1. The summed E-state index contributed by atoms with van der Waals surface area (Å²) in [5.41, 5.74) is 2.44. The lowest BCUT2D eigenvalue weighted by molar-refractivity contribution is 0.102. The molecule has 2 aromatic heterocycles. The topological polar surface area (TPSA) is 59.8 Å². The van der Waals surface area contributed by atoms with E-state index in [1.165, 1.54) is 6.20 Å². The lowest BCUT2D eigenvalue weighted by Gasteiger charge is -2.03. The van der Waals surface area contributed by atoms with Crippen molar-refractivity contribution in [2.75, 3.05) is 5.32 Å². The van der Waals surface area contributed by atoms with Crippen LogP contribution in [0.3, 0.4) is 0 Å². The molecular weight excluding hydrogens is 264 g/mol. The summed E-state index contributed by atoms with van der Waals surface area (Å²) in [7, 11) is 0. The summed E-state index contributed by atoms with van der Waals surface area (Å²) in [6.07, 6.45) is 4.90. The molecule has 0 bridgehead atoms. The zero-order valence-corrected chi connectivity index (χ0v) is 11.5. The number of para-hydroxylation sites is 1. The van der Waals surface area contributed by atoms with Crippen molar-refractivity contribution in [1.29, 1.82) is 0 Å². The number of nitrogens with one attached hydrogen (secondary N) is 1. The van der Waals surface area contributed by atoms with Crippen LogP contribution in [0, 0.1) is 6.92 Å². The highest BCUT2D eigenvalue weighted by Gasteiger charge is 2.10. The largest absolute Gasteiger partial charge is 0.306 e. The fourth-order valence-corrected chi connectivity index (χ4v) is 1.96. The molecule has 3 aromatic rings. The summed E-state index contributed by atoms with van der Waals surface area (Å²) < 4.78 is 1.67. The molecule has 0 atom stereocenters. The van der Waals surface area contributed by atoms with Gasteiger partial charge in [-0.05, 0) is 36.8 Å². The number of hydrogen-bond donors (Lipinski definition) is 1. The number of anilines is 1. The van der Waals surface area contributed by atoms with Gasteiger partial charge in [0, 0.05) is 12.4 Å². The van der Waals surface area contributed by atoms with Crippen LogP contribution in [0.25, 0.3) is 5.69 Å². The molecule has 2 heterocycles. The van der Waals surface area contributed by atoms with Crippen LogP contribution in [0.5, 0.6) is 0 Å². The molecule has 0 aliphatic rings. The maximum absolute atomic E-state index is 12.2. The lowest BCUT2D eigenvalue weighted by Crippen LogP contribution is -2.12. The lowest BCUT2D eigenvalue weighted by atomic mass is 10.3. The van der Waals surface area contributed by atoms with Gasteiger partial charge in [0.25, 0.3) is 5.91 Å². The van der Waals surface area contributed by atoms with Crippen molar-refractivity contribution in [3.05, 3.63) is 72.2 Å². The van der Waals surface area contributed by atoms with Crippen LogP contribution >= 0.6 is 0 Å². The summed E-state index contributed by atoms with van der Waals surface area (Å²) in [6.45, 7) is 1.95. The van der Waals surface area contributed by atoms with Crippen LogP contribution in [0.4, 0.5) is 5.82 Å². The van der Waals surface area contributed by atoms with Crippen LogP contribution < -0.4 is 5.32 Å². The Balaban J connectivity index is 1.78. The van der Waals surface area contributed by atoms with E-state index in [0.717, 1.165) is 11.3 Å². The number of carbonyl (C=O) groups excluding carboxylic acids is 1. The third kappa shape index (κ3) is 2.97. The van der Waals surface area contributed by atoms with Crippen LogP contribution in [-0.2, 0) is 0 Å². The summed E-state index contributed by atoms with van der Waals surface area (Å²) >= 11 is 0. The highest BCUT2D eigenvalue weighted by molar-refractivity contribution is 6.03. The summed E-state index contributed by atoms with van der Waals surface area (Å²) in [4.78, 5) is 16.3. The average molecular weight is 278 g/mol. The van der Waals surface area contributed by atoms with Crippen LogP contribution in [-0.4, -0.2) is 20.7 Å². The Morgan fingerprint density at radius 2 is 2.00 bits per heavy atom. The van der Waals surface area contributed by atoms with Crippen LogP contribution in [0.15, 0.2) is 61.1 Å². The number of aromatic nitrogens is 3. The van der Waals surface area contributed by atoms with Crippen molar-refractivity contribution in [3.8, 4) is 5.69 Å². The van der Waals surface area contributed by atoms with E-state index in [-0.39, 0.29) is 5.91 Å². The third-order valence-electron chi connectivity index (χ3n) is 3.02. The highest BCUT2D eigenvalue weighted by atomic mass is 16.1. The van der Waals surface area contributed by atoms with E-state index in [4.69, 9.17) is 0 Å². The maximum Gasteiger partial charge on any atom is 0.260 e. The van der Waals surface area contributed by atoms with Gasteiger partial charge in [-0.1, -0.05) is 18.2 Å². The van der Waals surface area contributed by atoms with Gasteiger partial charge in [-0.3, -0.25) is 4.79 Å². The molecule has 5 heteroatoms. The second-order valence-electron chi connectivity index (χ2n) is 4.68. The van der Waals surface area contributed by atoms with Crippen molar-refractivity contribution in [2.45, 2.75) is 6.92 Å². The first-order valence-corrected chi connectivity index (χ1v) is 6.56. The van der Waals surface area contributed by atoms with Gasteiger partial charge in [0.05, 0.1) is 17.4 Å². The van der Waals surface area contributed by atoms with Crippen LogP contribution in [0.1, 0.15) is 15.9 Å². The molecule has 104 valence electrons. The predicted molar refractivity (Wildman–Crippen MR) is 80.5 cm³/mol. The fourth-order valence-electron chi connectivity index (χ4n) is 1.96. The van der Waals surface area contributed by atoms with Crippen molar-refractivity contribution >= 4 is 11.7 Å². The quantitative estimate of drug-likeness (QED) is 0.801. The standard InChI is InChI=1S/C16H14N4O/c1-12-7-8-17-15(9-12)19-16(21)13-10-18-20(11-13)14-5-3-2-4-6-14/h2-11H,1H3,(H,17,19,21). The number of hydrogen-bond acceptors (Lipinski definition) is 3. The Morgan fingerprint density at radius 1 is 1.19 bits per heavy atom. The molecule has 0 radical (unpaired) electrons.